The number of halogens is 1. The van der Waals surface area contributed by atoms with Crippen LogP contribution in [0, 0.1) is 0 Å². The lowest BCUT2D eigenvalue weighted by atomic mass is 10.3. The lowest BCUT2D eigenvalue weighted by Gasteiger charge is -2.21. The van der Waals surface area contributed by atoms with Gasteiger partial charge in [-0.1, -0.05) is 23.7 Å². The van der Waals surface area contributed by atoms with Gasteiger partial charge in [-0.25, -0.2) is 0 Å². The van der Waals surface area contributed by atoms with E-state index in [9.17, 15) is 4.79 Å². The fourth-order valence-electron chi connectivity index (χ4n) is 1.81. The summed E-state index contributed by atoms with van der Waals surface area (Å²) in [6.45, 7) is 1.62. The Balaban J connectivity index is 2.50. The second kappa shape index (κ2) is 9.72. The number of rotatable bonds is 9. The molecule has 0 heterocycles. The smallest absolute Gasteiger partial charge is 0.238 e. The van der Waals surface area contributed by atoms with Crippen LogP contribution in [0.25, 0.3) is 0 Å². The van der Waals surface area contributed by atoms with E-state index in [4.69, 9.17) is 21.8 Å². The van der Waals surface area contributed by atoms with Crippen LogP contribution >= 0.6 is 11.6 Å². The first kappa shape index (κ1) is 16.9. The van der Waals surface area contributed by atoms with Crippen molar-refractivity contribution in [1.82, 2.24) is 4.90 Å². The van der Waals surface area contributed by atoms with Gasteiger partial charge in [-0.05, 0) is 25.0 Å². The van der Waals surface area contributed by atoms with Gasteiger partial charge in [0.25, 0.3) is 0 Å². The van der Waals surface area contributed by atoms with Crippen molar-refractivity contribution in [3.8, 4) is 0 Å². The number of nitrogens with zero attached hydrogens (tertiary/aromatic N) is 1. The second-order valence-electron chi connectivity index (χ2n) is 4.46. The standard InChI is InChI=1S/C14H21ClN2O3/c15-12-5-1-2-6-13(12)16-14(20)11-17(7-3-9-18)8-4-10-19/h1-2,5-6,18-19H,3-4,7-11H2,(H,16,20). The summed E-state index contributed by atoms with van der Waals surface area (Å²) < 4.78 is 0. The molecule has 0 saturated heterocycles. The van der Waals surface area contributed by atoms with E-state index in [1.54, 1.807) is 24.3 Å². The van der Waals surface area contributed by atoms with Gasteiger partial charge in [0.2, 0.25) is 5.91 Å². The van der Waals surface area contributed by atoms with Gasteiger partial charge in [0.1, 0.15) is 0 Å². The molecule has 0 aromatic heterocycles. The molecule has 1 amide bonds. The Morgan fingerprint density at radius 2 is 1.75 bits per heavy atom. The van der Waals surface area contributed by atoms with Crippen LogP contribution in [0.4, 0.5) is 5.69 Å². The number of aliphatic hydroxyl groups is 2. The fraction of sp³-hybridized carbons (Fsp3) is 0.500. The Morgan fingerprint density at radius 1 is 1.15 bits per heavy atom. The first-order valence-corrected chi connectivity index (χ1v) is 7.03. The monoisotopic (exact) mass is 300 g/mol. The molecule has 5 nitrogen and oxygen atoms in total. The van der Waals surface area contributed by atoms with Crippen molar-refractivity contribution in [2.45, 2.75) is 12.8 Å². The van der Waals surface area contributed by atoms with Gasteiger partial charge in [-0.3, -0.25) is 9.69 Å². The van der Waals surface area contributed by atoms with E-state index in [1.807, 2.05) is 4.90 Å². The van der Waals surface area contributed by atoms with Crippen LogP contribution < -0.4 is 5.32 Å². The Hall–Kier alpha value is -1.14. The van der Waals surface area contributed by atoms with Gasteiger partial charge in [0.15, 0.2) is 0 Å². The van der Waals surface area contributed by atoms with Gasteiger partial charge < -0.3 is 15.5 Å². The van der Waals surface area contributed by atoms with E-state index in [0.29, 0.717) is 36.6 Å². The van der Waals surface area contributed by atoms with E-state index in [0.717, 1.165) is 0 Å². The van der Waals surface area contributed by atoms with Crippen molar-refractivity contribution in [2.24, 2.45) is 0 Å². The van der Waals surface area contributed by atoms with Gasteiger partial charge in [0.05, 0.1) is 17.3 Å². The minimum absolute atomic E-state index is 0.0851. The van der Waals surface area contributed by atoms with Crippen LogP contribution in [0.5, 0.6) is 0 Å². The summed E-state index contributed by atoms with van der Waals surface area (Å²) in [5.74, 6) is -0.158. The molecule has 3 N–H and O–H groups in total. The minimum Gasteiger partial charge on any atom is -0.396 e. The van der Waals surface area contributed by atoms with Gasteiger partial charge in [-0.2, -0.15) is 0 Å². The topological polar surface area (TPSA) is 72.8 Å². The molecule has 112 valence electrons. The molecule has 0 aliphatic rings. The zero-order valence-corrected chi connectivity index (χ0v) is 12.1. The maximum absolute atomic E-state index is 12.0. The number of hydrogen-bond acceptors (Lipinski definition) is 4. The minimum atomic E-state index is -0.158. The molecule has 0 saturated carbocycles. The molecular weight excluding hydrogens is 280 g/mol. The quantitative estimate of drug-likeness (QED) is 0.643. The molecule has 0 radical (unpaired) electrons. The average molecular weight is 301 g/mol. The van der Waals surface area contributed by atoms with Crippen LogP contribution in [-0.2, 0) is 4.79 Å². The normalized spacial score (nSPS) is 10.8. The maximum atomic E-state index is 12.0. The molecule has 20 heavy (non-hydrogen) atoms. The molecule has 0 fully saturated rings. The third kappa shape index (κ3) is 6.34. The van der Waals surface area contributed by atoms with E-state index < -0.39 is 0 Å². The fourth-order valence-corrected chi connectivity index (χ4v) is 2.00. The zero-order chi connectivity index (χ0) is 14.8. The number of amides is 1. The molecule has 0 atom stereocenters. The Labute approximate surface area is 124 Å². The predicted octanol–water partition coefficient (Wildman–Crippen LogP) is 1.35. The molecule has 1 rings (SSSR count). The van der Waals surface area contributed by atoms with Gasteiger partial charge >= 0.3 is 0 Å². The SMILES string of the molecule is O=C(CN(CCCO)CCCO)Nc1ccccc1Cl. The third-order valence-electron chi connectivity index (χ3n) is 2.78. The van der Waals surface area contributed by atoms with E-state index >= 15 is 0 Å². The molecule has 0 unspecified atom stereocenters. The number of para-hydroxylation sites is 1. The highest BCUT2D eigenvalue weighted by molar-refractivity contribution is 6.33. The van der Waals surface area contributed by atoms with E-state index in [1.165, 1.54) is 0 Å². The summed E-state index contributed by atoms with van der Waals surface area (Å²) in [6, 6.07) is 7.06. The summed E-state index contributed by atoms with van der Waals surface area (Å²) in [5.41, 5.74) is 0.587. The lowest BCUT2D eigenvalue weighted by Crippen LogP contribution is -2.35. The largest absolute Gasteiger partial charge is 0.396 e. The van der Waals surface area contributed by atoms with Crippen LogP contribution in [0.2, 0.25) is 5.02 Å². The zero-order valence-electron chi connectivity index (χ0n) is 11.4. The highest BCUT2D eigenvalue weighted by atomic mass is 35.5. The molecule has 1 aromatic carbocycles. The van der Waals surface area contributed by atoms with Crippen LogP contribution in [-0.4, -0.2) is 53.9 Å². The summed E-state index contributed by atoms with van der Waals surface area (Å²) in [5, 5.41) is 21.0. The average Bonchev–Trinajstić information content (AvgIpc) is 2.44. The maximum Gasteiger partial charge on any atom is 0.238 e. The molecule has 0 aliphatic heterocycles. The lowest BCUT2D eigenvalue weighted by molar-refractivity contribution is -0.117. The first-order chi connectivity index (χ1) is 9.67. The van der Waals surface area contributed by atoms with Crippen molar-refractivity contribution < 1.29 is 15.0 Å². The number of aliphatic hydroxyl groups excluding tert-OH is 2. The van der Waals surface area contributed by atoms with Gasteiger partial charge in [0, 0.05) is 26.3 Å². The van der Waals surface area contributed by atoms with Gasteiger partial charge in [-0.15, -0.1) is 0 Å². The predicted molar refractivity (Wildman–Crippen MR) is 79.9 cm³/mol. The molecule has 0 bridgehead atoms. The number of carbonyl (C=O) groups excluding carboxylic acids is 1. The Bertz CT molecular complexity index is 407. The summed E-state index contributed by atoms with van der Waals surface area (Å²) in [6.07, 6.45) is 1.20. The number of anilines is 1. The van der Waals surface area contributed by atoms with Crippen molar-refractivity contribution >= 4 is 23.2 Å². The summed E-state index contributed by atoms with van der Waals surface area (Å²) in [7, 11) is 0. The van der Waals surface area contributed by atoms with E-state index in [2.05, 4.69) is 5.32 Å². The summed E-state index contributed by atoms with van der Waals surface area (Å²) >= 11 is 5.98. The number of hydrogen-bond donors (Lipinski definition) is 3. The van der Waals surface area contributed by atoms with Crippen molar-refractivity contribution in [2.75, 3.05) is 38.2 Å². The Morgan fingerprint density at radius 3 is 2.30 bits per heavy atom. The number of benzene rings is 1. The van der Waals surface area contributed by atoms with Crippen molar-refractivity contribution in [3.63, 3.8) is 0 Å². The molecular formula is C14H21ClN2O3. The van der Waals surface area contributed by atoms with Crippen molar-refractivity contribution in [3.05, 3.63) is 29.3 Å². The van der Waals surface area contributed by atoms with Crippen LogP contribution in [0.15, 0.2) is 24.3 Å². The highest BCUT2D eigenvalue weighted by Gasteiger charge is 2.11. The molecule has 1 aromatic rings. The molecule has 6 heteroatoms. The Kier molecular flexibility index (Phi) is 8.22. The summed E-state index contributed by atoms with van der Waals surface area (Å²) in [4.78, 5) is 13.9. The molecule has 0 aliphatic carbocycles. The van der Waals surface area contributed by atoms with Crippen molar-refractivity contribution in [1.29, 1.82) is 0 Å². The number of nitrogens with one attached hydrogen (secondary N) is 1. The van der Waals surface area contributed by atoms with Crippen LogP contribution in [0.1, 0.15) is 12.8 Å². The molecule has 0 spiro atoms. The third-order valence-corrected chi connectivity index (χ3v) is 3.11. The van der Waals surface area contributed by atoms with E-state index in [-0.39, 0.29) is 25.7 Å². The number of carbonyl (C=O) groups is 1. The first-order valence-electron chi connectivity index (χ1n) is 6.66. The van der Waals surface area contributed by atoms with Crippen LogP contribution in [0.3, 0.4) is 0 Å². The highest BCUT2D eigenvalue weighted by Crippen LogP contribution is 2.20. The second-order valence-corrected chi connectivity index (χ2v) is 4.87.